The monoisotopic (exact) mass is 451 g/mol. The van der Waals surface area contributed by atoms with Crippen molar-refractivity contribution >= 4 is 11.4 Å². The van der Waals surface area contributed by atoms with E-state index in [1.807, 2.05) is 12.1 Å². The molecule has 5 nitrogen and oxygen atoms in total. The highest BCUT2D eigenvalue weighted by Gasteiger charge is 2.38. The lowest BCUT2D eigenvalue weighted by atomic mass is 9.91. The van der Waals surface area contributed by atoms with Gasteiger partial charge in [-0.2, -0.15) is 0 Å². The number of anilines is 2. The topological polar surface area (TPSA) is 37.0 Å². The van der Waals surface area contributed by atoms with Gasteiger partial charge in [0.15, 0.2) is 0 Å². The van der Waals surface area contributed by atoms with Crippen LogP contribution in [0.2, 0.25) is 0 Å². The smallest absolute Gasteiger partial charge is 0.127 e. The van der Waals surface area contributed by atoms with Gasteiger partial charge in [0.05, 0.1) is 7.11 Å². The van der Waals surface area contributed by atoms with E-state index in [1.165, 1.54) is 46.5 Å². The van der Waals surface area contributed by atoms with Gasteiger partial charge in [-0.3, -0.25) is 0 Å². The Hall–Kier alpha value is -2.40. The summed E-state index contributed by atoms with van der Waals surface area (Å²) < 4.78 is 11.9. The molecule has 2 aliphatic rings. The van der Waals surface area contributed by atoms with Gasteiger partial charge in [0.2, 0.25) is 0 Å². The van der Waals surface area contributed by atoms with Crippen LogP contribution < -0.4 is 24.6 Å². The third kappa shape index (κ3) is 4.79. The second-order valence-corrected chi connectivity index (χ2v) is 9.96. The van der Waals surface area contributed by atoms with Crippen molar-refractivity contribution in [3.63, 3.8) is 0 Å². The van der Waals surface area contributed by atoms with E-state index >= 15 is 0 Å². The zero-order valence-electron chi connectivity index (χ0n) is 21.4. The van der Waals surface area contributed by atoms with Crippen molar-refractivity contribution in [3.05, 3.63) is 46.5 Å². The number of hydrogen-bond donors (Lipinski definition) is 1. The van der Waals surface area contributed by atoms with Gasteiger partial charge in [-0.1, -0.05) is 13.3 Å². The summed E-state index contributed by atoms with van der Waals surface area (Å²) in [5.74, 6) is 2.04. The van der Waals surface area contributed by atoms with Crippen molar-refractivity contribution < 1.29 is 9.47 Å². The zero-order chi connectivity index (χ0) is 23.6. The molecule has 2 aromatic rings. The molecule has 0 spiro atoms. The Morgan fingerprint density at radius 2 is 1.64 bits per heavy atom. The van der Waals surface area contributed by atoms with Crippen LogP contribution in [0.3, 0.4) is 0 Å². The molecule has 4 rings (SSSR count). The van der Waals surface area contributed by atoms with Gasteiger partial charge in [0.1, 0.15) is 17.1 Å². The van der Waals surface area contributed by atoms with Crippen LogP contribution in [0.25, 0.3) is 0 Å². The minimum Gasteiger partial charge on any atom is -0.497 e. The third-order valence-electron chi connectivity index (χ3n) is 7.48. The summed E-state index contributed by atoms with van der Waals surface area (Å²) in [6.45, 7) is 17.4. The maximum absolute atomic E-state index is 6.60. The summed E-state index contributed by atoms with van der Waals surface area (Å²) in [4.78, 5) is 5.07. The van der Waals surface area contributed by atoms with Gasteiger partial charge < -0.3 is 24.6 Å². The number of unbranched alkanes of at least 4 members (excludes halogenated alkanes) is 1. The van der Waals surface area contributed by atoms with Gasteiger partial charge in [-0.25, -0.2) is 0 Å². The number of hydrogen-bond acceptors (Lipinski definition) is 5. The van der Waals surface area contributed by atoms with Crippen LogP contribution in [0.4, 0.5) is 11.4 Å². The first-order valence-electron chi connectivity index (χ1n) is 12.5. The number of ether oxygens (including phenoxy) is 2. The summed E-state index contributed by atoms with van der Waals surface area (Å²) >= 11 is 0. The maximum Gasteiger partial charge on any atom is 0.127 e. The molecule has 1 saturated heterocycles. The maximum atomic E-state index is 6.60. The molecule has 0 amide bonds. The van der Waals surface area contributed by atoms with Crippen LogP contribution >= 0.6 is 0 Å². The fourth-order valence-corrected chi connectivity index (χ4v) is 5.38. The molecule has 180 valence electrons. The van der Waals surface area contributed by atoms with E-state index in [4.69, 9.17) is 9.47 Å². The molecule has 0 aliphatic carbocycles. The lowest BCUT2D eigenvalue weighted by molar-refractivity contribution is 0.114. The van der Waals surface area contributed by atoms with Crippen LogP contribution in [-0.2, 0) is 6.42 Å². The Morgan fingerprint density at radius 3 is 2.27 bits per heavy atom. The average molecular weight is 452 g/mol. The molecule has 2 aromatic carbocycles. The van der Waals surface area contributed by atoms with E-state index < -0.39 is 0 Å². The number of nitrogens with zero attached hydrogens (tertiary/aromatic N) is 2. The normalized spacial score (nSPS) is 20.1. The first-order valence-corrected chi connectivity index (χ1v) is 12.5. The van der Waals surface area contributed by atoms with E-state index in [0.717, 1.165) is 57.2 Å². The van der Waals surface area contributed by atoms with E-state index in [9.17, 15) is 0 Å². The summed E-state index contributed by atoms with van der Waals surface area (Å²) in [6.07, 6.45) is 3.41. The van der Waals surface area contributed by atoms with Gasteiger partial charge >= 0.3 is 0 Å². The number of benzene rings is 2. The van der Waals surface area contributed by atoms with Crippen LogP contribution in [0.15, 0.2) is 24.3 Å². The number of fused-ring (bicyclic) bond motifs is 1. The Balaban J connectivity index is 1.49. The van der Waals surface area contributed by atoms with Crippen LogP contribution in [-0.4, -0.2) is 52.0 Å². The Labute approximate surface area is 200 Å². The van der Waals surface area contributed by atoms with Crippen LogP contribution in [0.1, 0.15) is 48.9 Å². The largest absolute Gasteiger partial charge is 0.497 e. The van der Waals surface area contributed by atoms with Gasteiger partial charge in [-0.15, -0.1) is 0 Å². The fourth-order valence-electron chi connectivity index (χ4n) is 5.38. The van der Waals surface area contributed by atoms with E-state index in [2.05, 4.69) is 61.9 Å². The SMILES string of the molecule is CCCCNCC1(C)Cc2c(C)c(N3CCN(c4ccc(OC)cc4)CC3)c(C)c(C)c2O1. The first-order chi connectivity index (χ1) is 15.9. The van der Waals surface area contributed by atoms with Crippen molar-refractivity contribution in [1.82, 2.24) is 5.32 Å². The van der Waals surface area contributed by atoms with E-state index in [-0.39, 0.29) is 5.60 Å². The molecule has 0 aromatic heterocycles. The second kappa shape index (κ2) is 9.84. The molecule has 33 heavy (non-hydrogen) atoms. The Bertz CT molecular complexity index is 964. The number of rotatable bonds is 8. The summed E-state index contributed by atoms with van der Waals surface area (Å²) in [6, 6.07) is 8.43. The average Bonchev–Trinajstić information content (AvgIpc) is 3.19. The molecule has 1 unspecified atom stereocenters. The standard InChI is InChI=1S/C28H41N3O2/c1-7-8-13-29-19-28(5)18-25-22(4)26(20(2)21(3)27(25)33-28)31-16-14-30(15-17-31)23-9-11-24(32-6)12-10-23/h9-12,29H,7-8,13-19H2,1-6H3. The minimum atomic E-state index is -0.163. The number of piperazine rings is 1. The molecule has 0 bridgehead atoms. The first kappa shape index (κ1) is 23.7. The van der Waals surface area contributed by atoms with Crippen molar-refractivity contribution in [3.8, 4) is 11.5 Å². The summed E-state index contributed by atoms with van der Waals surface area (Å²) in [5.41, 5.74) is 8.02. The highest BCUT2D eigenvalue weighted by Crippen LogP contribution is 2.45. The summed E-state index contributed by atoms with van der Waals surface area (Å²) in [5, 5.41) is 3.61. The van der Waals surface area contributed by atoms with Crippen LogP contribution in [0, 0.1) is 20.8 Å². The molecule has 0 radical (unpaired) electrons. The molecular weight excluding hydrogens is 410 g/mol. The van der Waals surface area contributed by atoms with Gasteiger partial charge in [-0.05, 0) is 81.6 Å². The van der Waals surface area contributed by atoms with Crippen LogP contribution in [0.5, 0.6) is 11.5 Å². The molecule has 5 heteroatoms. The minimum absolute atomic E-state index is 0.163. The quantitative estimate of drug-likeness (QED) is 0.570. The highest BCUT2D eigenvalue weighted by atomic mass is 16.5. The molecule has 1 atom stereocenters. The fraction of sp³-hybridized carbons (Fsp3) is 0.571. The van der Waals surface area contributed by atoms with Crippen molar-refractivity contribution in [2.45, 2.75) is 59.5 Å². The second-order valence-electron chi connectivity index (χ2n) is 9.96. The number of methoxy groups -OCH3 is 1. The van der Waals surface area contributed by atoms with E-state index in [0.29, 0.717) is 0 Å². The van der Waals surface area contributed by atoms with Crippen molar-refractivity contribution in [2.75, 3.05) is 56.2 Å². The van der Waals surface area contributed by atoms with Gasteiger partial charge in [0.25, 0.3) is 0 Å². The van der Waals surface area contributed by atoms with E-state index in [1.54, 1.807) is 7.11 Å². The molecule has 2 aliphatic heterocycles. The molecule has 2 heterocycles. The third-order valence-corrected chi connectivity index (χ3v) is 7.48. The molecule has 1 N–H and O–H groups in total. The Kier molecular flexibility index (Phi) is 7.08. The zero-order valence-corrected chi connectivity index (χ0v) is 21.4. The predicted octanol–water partition coefficient (Wildman–Crippen LogP) is 5.03. The number of nitrogens with one attached hydrogen (secondary N) is 1. The molecule has 1 fully saturated rings. The van der Waals surface area contributed by atoms with Crippen molar-refractivity contribution in [2.24, 2.45) is 0 Å². The van der Waals surface area contributed by atoms with Gasteiger partial charge in [0, 0.05) is 56.1 Å². The lowest BCUT2D eigenvalue weighted by Gasteiger charge is -2.39. The summed E-state index contributed by atoms with van der Waals surface area (Å²) in [7, 11) is 1.72. The Morgan fingerprint density at radius 1 is 0.970 bits per heavy atom. The lowest BCUT2D eigenvalue weighted by Crippen LogP contribution is -2.47. The highest BCUT2D eigenvalue weighted by molar-refractivity contribution is 5.70. The molecule has 0 saturated carbocycles. The van der Waals surface area contributed by atoms with Crippen molar-refractivity contribution in [1.29, 1.82) is 0 Å². The predicted molar refractivity (Wildman–Crippen MR) is 139 cm³/mol. The molecular formula is C28H41N3O2.